The van der Waals surface area contributed by atoms with E-state index >= 15 is 0 Å². The molecule has 0 unspecified atom stereocenters. The zero-order valence-electron chi connectivity index (χ0n) is 15.7. The predicted octanol–water partition coefficient (Wildman–Crippen LogP) is 3.71. The lowest BCUT2D eigenvalue weighted by molar-refractivity contribution is -0.208. The van der Waals surface area contributed by atoms with Crippen molar-refractivity contribution in [2.24, 2.45) is 10.7 Å². The molecule has 30 heavy (non-hydrogen) atoms. The highest BCUT2D eigenvalue weighted by Gasteiger charge is 2.50. The van der Waals surface area contributed by atoms with E-state index in [4.69, 9.17) is 17.3 Å². The number of halogens is 5. The summed E-state index contributed by atoms with van der Waals surface area (Å²) in [6, 6.07) is 1.97. The summed E-state index contributed by atoms with van der Waals surface area (Å²) in [5, 5.41) is 2.83. The number of aromatic nitrogens is 2. The molecule has 3 heterocycles. The van der Waals surface area contributed by atoms with Crippen molar-refractivity contribution in [1.29, 1.82) is 0 Å². The summed E-state index contributed by atoms with van der Waals surface area (Å²) < 4.78 is 58.5. The van der Waals surface area contributed by atoms with Crippen molar-refractivity contribution >= 4 is 29.2 Å². The molecule has 0 saturated carbocycles. The van der Waals surface area contributed by atoms with Crippen molar-refractivity contribution in [3.63, 3.8) is 0 Å². The molecule has 3 N–H and O–H groups in total. The fourth-order valence-electron chi connectivity index (χ4n) is 3.08. The van der Waals surface area contributed by atoms with Crippen LogP contribution >= 0.6 is 11.6 Å². The van der Waals surface area contributed by atoms with Gasteiger partial charge in [-0.15, -0.1) is 0 Å². The second kappa shape index (κ2) is 7.71. The Kier molecular flexibility index (Phi) is 5.59. The lowest BCUT2D eigenvalue weighted by Gasteiger charge is -2.35. The summed E-state index contributed by atoms with van der Waals surface area (Å²) in [6.45, 7) is 2.90. The summed E-state index contributed by atoms with van der Waals surface area (Å²) in [4.78, 5) is 23.8. The maximum Gasteiger partial charge on any atom is 0.425 e. The first-order chi connectivity index (χ1) is 13.9. The van der Waals surface area contributed by atoms with Gasteiger partial charge in [0.15, 0.2) is 6.10 Å². The van der Waals surface area contributed by atoms with Gasteiger partial charge in [-0.2, -0.15) is 17.6 Å². The summed E-state index contributed by atoms with van der Waals surface area (Å²) in [7, 11) is 0. The second-order valence-electron chi connectivity index (χ2n) is 6.91. The van der Waals surface area contributed by atoms with Crippen LogP contribution in [0.4, 0.5) is 23.2 Å². The summed E-state index contributed by atoms with van der Waals surface area (Å²) in [5.41, 5.74) is 4.02. The van der Waals surface area contributed by atoms with Gasteiger partial charge >= 0.3 is 6.18 Å². The van der Waals surface area contributed by atoms with Crippen LogP contribution in [-0.4, -0.2) is 34.2 Å². The quantitative estimate of drug-likeness (QED) is 0.554. The molecule has 0 fully saturated rings. The van der Waals surface area contributed by atoms with Crippen LogP contribution in [-0.2, 0) is 10.3 Å². The van der Waals surface area contributed by atoms with Crippen LogP contribution in [0.25, 0.3) is 0 Å². The Morgan fingerprint density at radius 3 is 2.67 bits per heavy atom. The van der Waals surface area contributed by atoms with Crippen LogP contribution in [0.3, 0.4) is 0 Å². The van der Waals surface area contributed by atoms with Gasteiger partial charge in [-0.3, -0.25) is 4.79 Å². The Morgan fingerprint density at radius 1 is 1.33 bits per heavy atom. The third-order valence-electron chi connectivity index (χ3n) is 4.51. The normalized spacial score (nSPS) is 21.6. The van der Waals surface area contributed by atoms with Crippen LogP contribution in [0.1, 0.15) is 35.0 Å². The van der Waals surface area contributed by atoms with Gasteiger partial charge in [-0.05, 0) is 31.5 Å². The molecular formula is C18H16ClF4N5O2. The second-order valence-corrected chi connectivity index (χ2v) is 7.35. The minimum Gasteiger partial charge on any atom is -0.452 e. The third-order valence-corrected chi connectivity index (χ3v) is 4.71. The Hall–Kier alpha value is -2.95. The molecule has 1 aliphatic heterocycles. The van der Waals surface area contributed by atoms with E-state index in [0.717, 1.165) is 12.3 Å². The summed E-state index contributed by atoms with van der Waals surface area (Å²) >= 11 is 5.82. The molecule has 3 rings (SSSR count). The molecule has 12 heteroatoms. The number of rotatable bonds is 3. The number of amides is 1. The molecule has 0 spiro atoms. The van der Waals surface area contributed by atoms with E-state index in [2.05, 4.69) is 25.0 Å². The molecule has 0 bridgehead atoms. The van der Waals surface area contributed by atoms with Gasteiger partial charge in [0.05, 0.1) is 22.4 Å². The Morgan fingerprint density at radius 2 is 2.03 bits per heavy atom. The monoisotopic (exact) mass is 445 g/mol. The topological polar surface area (TPSA) is 102 Å². The molecule has 7 nitrogen and oxygen atoms in total. The number of alkyl halides is 3. The van der Waals surface area contributed by atoms with Crippen LogP contribution < -0.4 is 11.1 Å². The molecule has 0 aromatic carbocycles. The van der Waals surface area contributed by atoms with Crippen molar-refractivity contribution < 1.29 is 27.1 Å². The number of carbonyl (C=O) groups excluding carboxylic acids is 1. The fourth-order valence-corrected chi connectivity index (χ4v) is 3.29. The molecule has 1 amide bonds. The number of hydrogen-bond acceptors (Lipinski definition) is 6. The largest absolute Gasteiger partial charge is 0.452 e. The van der Waals surface area contributed by atoms with Crippen molar-refractivity contribution in [1.82, 2.24) is 9.97 Å². The van der Waals surface area contributed by atoms with E-state index in [1.807, 2.05) is 0 Å². The van der Waals surface area contributed by atoms with Crippen LogP contribution in [0, 0.1) is 12.9 Å². The van der Waals surface area contributed by atoms with Gasteiger partial charge < -0.3 is 15.8 Å². The van der Waals surface area contributed by atoms with Crippen molar-refractivity contribution in [2.45, 2.75) is 38.1 Å². The molecule has 0 aliphatic carbocycles. The number of nitrogens with two attached hydrogens (primary N) is 1. The van der Waals surface area contributed by atoms with E-state index in [-0.39, 0.29) is 16.9 Å². The van der Waals surface area contributed by atoms with Crippen molar-refractivity contribution in [3.05, 3.63) is 52.3 Å². The zero-order valence-corrected chi connectivity index (χ0v) is 16.5. The number of nitrogens with one attached hydrogen (secondary N) is 1. The fraction of sp³-hybridized carbons (Fsp3) is 0.333. The third kappa shape index (κ3) is 4.45. The number of aliphatic imine (C=N–C) groups is 1. The Bertz CT molecular complexity index is 1030. The molecule has 1 aliphatic rings. The van der Waals surface area contributed by atoms with Gasteiger partial charge in [0.2, 0.25) is 5.95 Å². The van der Waals surface area contributed by atoms with Crippen molar-refractivity contribution in [3.8, 4) is 0 Å². The number of aryl methyl sites for hydroxylation is 1. The van der Waals surface area contributed by atoms with Crippen LogP contribution in [0.2, 0.25) is 5.02 Å². The maximum atomic E-state index is 14.4. The number of nitrogens with zero attached hydrogens (tertiary/aromatic N) is 3. The lowest BCUT2D eigenvalue weighted by Crippen LogP contribution is -2.46. The van der Waals surface area contributed by atoms with Gasteiger partial charge in [-0.1, -0.05) is 11.6 Å². The number of carbonyl (C=O) groups is 1. The first-order valence-electron chi connectivity index (χ1n) is 8.57. The highest BCUT2D eigenvalue weighted by molar-refractivity contribution is 6.30. The maximum absolute atomic E-state index is 14.4. The molecule has 2 atom stereocenters. The SMILES string of the molecule is Cc1cc(Cl)cnc1C(=O)Nc1cnc(F)c([C@]2(C)C[C@@H](C(F)(F)F)OC(N)=N2)c1. The predicted molar refractivity (Wildman–Crippen MR) is 101 cm³/mol. The molecule has 2 aromatic rings. The van der Waals surface area contributed by atoms with E-state index in [9.17, 15) is 22.4 Å². The van der Waals surface area contributed by atoms with E-state index in [1.165, 1.54) is 19.2 Å². The van der Waals surface area contributed by atoms with Crippen LogP contribution in [0.5, 0.6) is 0 Å². The average Bonchev–Trinajstić information content (AvgIpc) is 2.61. The number of pyridine rings is 2. The molecule has 0 radical (unpaired) electrons. The first kappa shape index (κ1) is 21.8. The molecule has 160 valence electrons. The lowest BCUT2D eigenvalue weighted by atomic mass is 9.86. The van der Waals surface area contributed by atoms with Gasteiger partial charge in [0.1, 0.15) is 5.69 Å². The van der Waals surface area contributed by atoms with Gasteiger partial charge in [0, 0.05) is 18.2 Å². The highest BCUT2D eigenvalue weighted by atomic mass is 35.5. The average molecular weight is 446 g/mol. The summed E-state index contributed by atoms with van der Waals surface area (Å²) in [6.07, 6.45) is -5.40. The van der Waals surface area contributed by atoms with E-state index in [1.54, 1.807) is 6.92 Å². The number of hydrogen-bond donors (Lipinski definition) is 2. The molecular weight excluding hydrogens is 430 g/mol. The number of ether oxygens (including phenoxy) is 1. The number of amidine groups is 1. The standard InChI is InChI=1S/C18H16ClF4N5O2/c1-8-3-9(19)6-25-13(8)15(29)27-10-4-11(14(20)26-7-10)17(2)5-12(18(21,22)23)30-16(24)28-17/h3-4,6-7,12H,5H2,1-2H3,(H2,24,28)(H,27,29)/t12-,17-/m0/s1. The van der Waals surface area contributed by atoms with Gasteiger partial charge in [0.25, 0.3) is 11.9 Å². The van der Waals surface area contributed by atoms with Gasteiger partial charge in [-0.25, -0.2) is 15.0 Å². The smallest absolute Gasteiger partial charge is 0.425 e. The zero-order chi connectivity index (χ0) is 22.3. The summed E-state index contributed by atoms with van der Waals surface area (Å²) in [5.74, 6) is -1.67. The van der Waals surface area contributed by atoms with E-state index in [0.29, 0.717) is 10.6 Å². The highest BCUT2D eigenvalue weighted by Crippen LogP contribution is 2.41. The molecule has 0 saturated heterocycles. The first-order valence-corrected chi connectivity index (χ1v) is 8.95. The number of anilines is 1. The minimum atomic E-state index is -4.73. The minimum absolute atomic E-state index is 0.0394. The molecule has 2 aromatic heterocycles. The van der Waals surface area contributed by atoms with E-state index < -0.39 is 42.1 Å². The Labute approximate surface area is 173 Å². The van der Waals surface area contributed by atoms with Crippen molar-refractivity contribution in [2.75, 3.05) is 5.32 Å². The Balaban J connectivity index is 1.93. The van der Waals surface area contributed by atoms with Crippen LogP contribution in [0.15, 0.2) is 29.5 Å².